The highest BCUT2D eigenvalue weighted by molar-refractivity contribution is 5.97. The van der Waals surface area contributed by atoms with Crippen molar-refractivity contribution in [2.45, 2.75) is 32.7 Å². The van der Waals surface area contributed by atoms with Crippen LogP contribution in [-0.2, 0) is 6.54 Å². The van der Waals surface area contributed by atoms with E-state index in [1.165, 1.54) is 12.8 Å². The van der Waals surface area contributed by atoms with Gasteiger partial charge in [-0.2, -0.15) is 0 Å². The number of aromatic nitrogens is 2. The summed E-state index contributed by atoms with van der Waals surface area (Å²) in [5.74, 6) is 0.872. The largest absolute Gasteiger partial charge is 0.341 e. The van der Waals surface area contributed by atoms with Crippen LogP contribution in [0.3, 0.4) is 0 Å². The molecule has 3 heterocycles. The van der Waals surface area contributed by atoms with Gasteiger partial charge in [0.1, 0.15) is 0 Å². The Morgan fingerprint density at radius 3 is 2.83 bits per heavy atom. The summed E-state index contributed by atoms with van der Waals surface area (Å²) in [6, 6.07) is 0. The molecule has 18 heavy (non-hydrogen) atoms. The zero-order valence-corrected chi connectivity index (χ0v) is 10.7. The van der Waals surface area contributed by atoms with E-state index in [-0.39, 0.29) is 5.91 Å². The second-order valence-corrected chi connectivity index (χ2v) is 4.95. The molecule has 0 atom stereocenters. The Bertz CT molecular complexity index is 468. The Balaban J connectivity index is 1.85. The fourth-order valence-electron chi connectivity index (χ4n) is 2.65. The average Bonchev–Trinajstić information content (AvgIpc) is 2.99. The first-order valence-electron chi connectivity index (χ1n) is 6.69. The van der Waals surface area contributed by atoms with Gasteiger partial charge in [-0.1, -0.05) is 6.92 Å². The second kappa shape index (κ2) is 4.55. The molecular formula is C13H18N4O. The molecule has 1 amide bonds. The Morgan fingerprint density at radius 2 is 2.11 bits per heavy atom. The van der Waals surface area contributed by atoms with Gasteiger partial charge < -0.3 is 9.80 Å². The van der Waals surface area contributed by atoms with Gasteiger partial charge in [0.15, 0.2) is 0 Å². The number of fused-ring (bicyclic) bond motifs is 1. The minimum absolute atomic E-state index is 0.0832. The first kappa shape index (κ1) is 11.4. The predicted molar refractivity (Wildman–Crippen MR) is 68.5 cm³/mol. The van der Waals surface area contributed by atoms with Crippen LogP contribution in [0, 0.1) is 0 Å². The van der Waals surface area contributed by atoms with Crippen molar-refractivity contribution in [1.29, 1.82) is 0 Å². The third-order valence-corrected chi connectivity index (χ3v) is 3.60. The number of carbonyl (C=O) groups excluding carboxylic acids is 1. The van der Waals surface area contributed by atoms with Crippen molar-refractivity contribution in [2.24, 2.45) is 0 Å². The van der Waals surface area contributed by atoms with Gasteiger partial charge in [-0.15, -0.1) is 0 Å². The van der Waals surface area contributed by atoms with Gasteiger partial charge in [0.2, 0.25) is 5.95 Å². The van der Waals surface area contributed by atoms with Gasteiger partial charge >= 0.3 is 0 Å². The van der Waals surface area contributed by atoms with E-state index < -0.39 is 0 Å². The van der Waals surface area contributed by atoms with Gasteiger partial charge in [0.25, 0.3) is 5.91 Å². The Kier molecular flexibility index (Phi) is 2.89. The maximum atomic E-state index is 12.1. The number of rotatable bonds is 3. The van der Waals surface area contributed by atoms with E-state index in [0.29, 0.717) is 12.1 Å². The van der Waals surface area contributed by atoms with Gasteiger partial charge in [-0.05, 0) is 19.3 Å². The maximum absolute atomic E-state index is 12.1. The molecule has 0 radical (unpaired) electrons. The molecule has 0 aliphatic carbocycles. The van der Waals surface area contributed by atoms with E-state index in [9.17, 15) is 4.79 Å². The van der Waals surface area contributed by atoms with Crippen molar-refractivity contribution < 1.29 is 4.79 Å². The minimum Gasteiger partial charge on any atom is -0.341 e. The number of nitrogens with zero attached hydrogens (tertiary/aromatic N) is 4. The molecule has 0 saturated carbocycles. The lowest BCUT2D eigenvalue weighted by Gasteiger charge is -2.15. The molecule has 1 saturated heterocycles. The zero-order chi connectivity index (χ0) is 12.5. The van der Waals surface area contributed by atoms with E-state index in [1.54, 1.807) is 6.20 Å². The monoisotopic (exact) mass is 246 g/mol. The van der Waals surface area contributed by atoms with E-state index in [1.807, 2.05) is 4.90 Å². The minimum atomic E-state index is 0.0832. The van der Waals surface area contributed by atoms with Gasteiger partial charge in [0, 0.05) is 25.8 Å². The molecule has 2 aliphatic rings. The summed E-state index contributed by atoms with van der Waals surface area (Å²) < 4.78 is 0. The molecule has 5 heteroatoms. The highest BCUT2D eigenvalue weighted by atomic mass is 16.2. The molecule has 0 N–H and O–H groups in total. The quantitative estimate of drug-likeness (QED) is 0.810. The van der Waals surface area contributed by atoms with Gasteiger partial charge in [0.05, 0.1) is 17.8 Å². The third kappa shape index (κ3) is 1.83. The molecule has 0 bridgehead atoms. The van der Waals surface area contributed by atoms with Crippen LogP contribution in [0.1, 0.15) is 42.2 Å². The van der Waals surface area contributed by atoms with Crippen LogP contribution in [0.5, 0.6) is 0 Å². The molecule has 1 fully saturated rings. The molecule has 5 nitrogen and oxygen atoms in total. The van der Waals surface area contributed by atoms with Crippen LogP contribution in [0.2, 0.25) is 0 Å². The van der Waals surface area contributed by atoms with Crippen LogP contribution in [0.15, 0.2) is 6.20 Å². The third-order valence-electron chi connectivity index (χ3n) is 3.60. The van der Waals surface area contributed by atoms with Crippen LogP contribution < -0.4 is 4.90 Å². The Labute approximate surface area is 107 Å². The zero-order valence-electron chi connectivity index (χ0n) is 10.7. The summed E-state index contributed by atoms with van der Waals surface area (Å²) in [7, 11) is 0. The molecular weight excluding hydrogens is 228 g/mol. The number of hydrogen-bond acceptors (Lipinski definition) is 4. The van der Waals surface area contributed by atoms with E-state index in [4.69, 9.17) is 0 Å². The number of carbonyl (C=O) groups is 1. The van der Waals surface area contributed by atoms with Crippen molar-refractivity contribution in [3.8, 4) is 0 Å². The summed E-state index contributed by atoms with van der Waals surface area (Å²) >= 11 is 0. The molecule has 0 spiro atoms. The van der Waals surface area contributed by atoms with Crippen molar-refractivity contribution in [2.75, 3.05) is 24.5 Å². The average molecular weight is 246 g/mol. The molecule has 96 valence electrons. The summed E-state index contributed by atoms with van der Waals surface area (Å²) in [6.07, 6.45) is 5.10. The van der Waals surface area contributed by atoms with Crippen LogP contribution in [0.4, 0.5) is 5.95 Å². The maximum Gasteiger partial charge on any atom is 0.257 e. The first-order valence-corrected chi connectivity index (χ1v) is 6.69. The number of amides is 1. The summed E-state index contributed by atoms with van der Waals surface area (Å²) in [5, 5.41) is 0. The molecule has 1 aromatic heterocycles. The van der Waals surface area contributed by atoms with Crippen LogP contribution in [0.25, 0.3) is 0 Å². The summed E-state index contributed by atoms with van der Waals surface area (Å²) in [6.45, 7) is 5.59. The number of anilines is 1. The SMILES string of the molecule is CCCN1Cc2nc(N3CCCC3)ncc2C1=O. The van der Waals surface area contributed by atoms with Crippen molar-refractivity contribution in [1.82, 2.24) is 14.9 Å². The van der Waals surface area contributed by atoms with Crippen LogP contribution in [-0.4, -0.2) is 40.4 Å². The first-order chi connectivity index (χ1) is 8.79. The smallest absolute Gasteiger partial charge is 0.257 e. The molecule has 2 aliphatic heterocycles. The lowest BCUT2D eigenvalue weighted by Crippen LogP contribution is -2.24. The molecule has 0 aromatic carbocycles. The van der Waals surface area contributed by atoms with Gasteiger partial charge in [-0.25, -0.2) is 9.97 Å². The van der Waals surface area contributed by atoms with E-state index in [0.717, 1.165) is 37.7 Å². The standard InChI is InChI=1S/C13H18N4O/c1-2-5-17-9-11-10(12(17)18)8-14-13(15-11)16-6-3-4-7-16/h8H,2-7,9H2,1H3. The van der Waals surface area contributed by atoms with Crippen molar-refractivity contribution >= 4 is 11.9 Å². The summed E-state index contributed by atoms with van der Waals surface area (Å²) in [5.41, 5.74) is 1.58. The summed E-state index contributed by atoms with van der Waals surface area (Å²) in [4.78, 5) is 25.0. The Morgan fingerprint density at radius 1 is 1.33 bits per heavy atom. The molecule has 0 unspecified atom stereocenters. The van der Waals surface area contributed by atoms with E-state index in [2.05, 4.69) is 21.8 Å². The lowest BCUT2D eigenvalue weighted by molar-refractivity contribution is 0.0778. The highest BCUT2D eigenvalue weighted by Gasteiger charge is 2.29. The van der Waals surface area contributed by atoms with Crippen molar-refractivity contribution in [3.63, 3.8) is 0 Å². The molecule has 3 rings (SSSR count). The lowest BCUT2D eigenvalue weighted by atomic mass is 10.3. The van der Waals surface area contributed by atoms with Crippen LogP contribution >= 0.6 is 0 Å². The topological polar surface area (TPSA) is 49.3 Å². The predicted octanol–water partition coefficient (Wildman–Crippen LogP) is 1.44. The van der Waals surface area contributed by atoms with E-state index >= 15 is 0 Å². The Hall–Kier alpha value is -1.65. The normalized spacial score (nSPS) is 18.6. The highest BCUT2D eigenvalue weighted by Crippen LogP contribution is 2.23. The van der Waals surface area contributed by atoms with Gasteiger partial charge in [-0.3, -0.25) is 4.79 Å². The van der Waals surface area contributed by atoms with Crippen molar-refractivity contribution in [3.05, 3.63) is 17.5 Å². The molecule has 1 aromatic rings. The fourth-order valence-corrected chi connectivity index (χ4v) is 2.65. The fraction of sp³-hybridized carbons (Fsp3) is 0.615. The second-order valence-electron chi connectivity index (χ2n) is 4.95. The number of hydrogen-bond donors (Lipinski definition) is 0.